The minimum atomic E-state index is -0.148. The molecule has 2 aliphatic carbocycles. The first kappa shape index (κ1) is 13.9. The highest BCUT2D eigenvalue weighted by Crippen LogP contribution is 2.48. The second-order valence-corrected chi connectivity index (χ2v) is 6.78. The van der Waals surface area contributed by atoms with Gasteiger partial charge in [0.05, 0.1) is 5.69 Å². The third-order valence-electron chi connectivity index (χ3n) is 5.28. The summed E-state index contributed by atoms with van der Waals surface area (Å²) < 4.78 is 14.2. The number of benzene rings is 1. The molecular weight excluding hydrogens is 251 g/mol. The minimum Gasteiger partial charge on any atom is -0.372 e. The number of nitrogens with two attached hydrogens (primary N) is 1. The smallest absolute Gasteiger partial charge is 0.146 e. The Balaban J connectivity index is 1.78. The number of anilines is 1. The molecule has 2 fully saturated rings. The molecule has 20 heavy (non-hydrogen) atoms. The SMILES string of the molecule is CC(N)c1cccc(F)c1N(C)CC1CC2CCC1C2. The Hall–Kier alpha value is -1.09. The number of fused-ring (bicyclic) bond motifs is 2. The Kier molecular flexibility index (Phi) is 3.72. The van der Waals surface area contributed by atoms with E-state index in [4.69, 9.17) is 5.73 Å². The molecule has 0 saturated heterocycles. The van der Waals surface area contributed by atoms with Gasteiger partial charge in [-0.2, -0.15) is 0 Å². The molecule has 2 bridgehead atoms. The highest BCUT2D eigenvalue weighted by atomic mass is 19.1. The van der Waals surface area contributed by atoms with E-state index in [2.05, 4.69) is 4.90 Å². The largest absolute Gasteiger partial charge is 0.372 e. The molecule has 2 saturated carbocycles. The van der Waals surface area contributed by atoms with E-state index in [1.54, 1.807) is 12.1 Å². The zero-order chi connectivity index (χ0) is 14.3. The molecular formula is C17H25FN2. The molecule has 110 valence electrons. The molecule has 4 unspecified atom stereocenters. The summed E-state index contributed by atoms with van der Waals surface area (Å²) in [4.78, 5) is 2.10. The second-order valence-electron chi connectivity index (χ2n) is 6.78. The van der Waals surface area contributed by atoms with Crippen LogP contribution in [0.4, 0.5) is 10.1 Å². The average Bonchev–Trinajstić information content (AvgIpc) is 3.00. The number of halogens is 1. The molecule has 2 N–H and O–H groups in total. The molecule has 1 aromatic carbocycles. The molecule has 0 aromatic heterocycles. The van der Waals surface area contributed by atoms with E-state index in [0.29, 0.717) is 5.69 Å². The van der Waals surface area contributed by atoms with E-state index in [1.807, 2.05) is 20.0 Å². The van der Waals surface area contributed by atoms with Crippen LogP contribution >= 0.6 is 0 Å². The van der Waals surface area contributed by atoms with Gasteiger partial charge in [-0.15, -0.1) is 0 Å². The average molecular weight is 276 g/mol. The predicted molar refractivity (Wildman–Crippen MR) is 81.2 cm³/mol. The highest BCUT2D eigenvalue weighted by molar-refractivity contribution is 5.55. The van der Waals surface area contributed by atoms with Gasteiger partial charge in [-0.25, -0.2) is 4.39 Å². The Labute approximate surface area is 121 Å². The molecule has 0 spiro atoms. The van der Waals surface area contributed by atoms with Gasteiger partial charge in [-0.3, -0.25) is 0 Å². The number of hydrogen-bond acceptors (Lipinski definition) is 2. The summed E-state index contributed by atoms with van der Waals surface area (Å²) in [6.45, 7) is 2.88. The van der Waals surface area contributed by atoms with E-state index in [9.17, 15) is 4.39 Å². The number of para-hydroxylation sites is 1. The van der Waals surface area contributed by atoms with Crippen molar-refractivity contribution < 1.29 is 4.39 Å². The Bertz CT molecular complexity index is 486. The molecule has 0 radical (unpaired) electrons. The van der Waals surface area contributed by atoms with Crippen LogP contribution in [-0.4, -0.2) is 13.6 Å². The molecule has 0 aliphatic heterocycles. The third kappa shape index (κ3) is 2.44. The lowest BCUT2D eigenvalue weighted by molar-refractivity contribution is 0.336. The predicted octanol–water partition coefficient (Wildman–Crippen LogP) is 3.72. The molecule has 2 nitrogen and oxygen atoms in total. The summed E-state index contributed by atoms with van der Waals surface area (Å²) in [5.74, 6) is 2.39. The molecule has 0 amide bonds. The normalized spacial score (nSPS) is 29.7. The molecule has 4 atom stereocenters. The van der Waals surface area contributed by atoms with E-state index >= 15 is 0 Å². The fourth-order valence-electron chi connectivity index (χ4n) is 4.35. The molecule has 2 aliphatic rings. The van der Waals surface area contributed by atoms with Crippen molar-refractivity contribution in [2.45, 2.75) is 38.6 Å². The first-order chi connectivity index (χ1) is 9.56. The summed E-state index contributed by atoms with van der Waals surface area (Å²) in [5, 5.41) is 0. The number of hydrogen-bond donors (Lipinski definition) is 1. The van der Waals surface area contributed by atoms with Gasteiger partial charge in [0.15, 0.2) is 0 Å². The van der Waals surface area contributed by atoms with Crippen molar-refractivity contribution in [1.29, 1.82) is 0 Å². The first-order valence-corrected chi connectivity index (χ1v) is 7.81. The molecule has 3 rings (SSSR count). The van der Waals surface area contributed by atoms with Crippen molar-refractivity contribution >= 4 is 5.69 Å². The highest BCUT2D eigenvalue weighted by Gasteiger charge is 2.39. The summed E-state index contributed by atoms with van der Waals surface area (Å²) in [6, 6.07) is 5.10. The monoisotopic (exact) mass is 276 g/mol. The molecule has 3 heteroatoms. The quantitative estimate of drug-likeness (QED) is 0.908. The summed E-state index contributed by atoms with van der Waals surface area (Å²) in [7, 11) is 2.01. The van der Waals surface area contributed by atoms with Gasteiger partial charge in [0.25, 0.3) is 0 Å². The van der Waals surface area contributed by atoms with Gasteiger partial charge in [0.2, 0.25) is 0 Å². The Morgan fingerprint density at radius 3 is 2.75 bits per heavy atom. The van der Waals surface area contributed by atoms with Crippen LogP contribution in [0.15, 0.2) is 18.2 Å². The Morgan fingerprint density at radius 2 is 2.15 bits per heavy atom. The maximum absolute atomic E-state index is 14.2. The zero-order valence-corrected chi connectivity index (χ0v) is 12.5. The van der Waals surface area contributed by atoms with Crippen LogP contribution in [0, 0.1) is 23.6 Å². The van der Waals surface area contributed by atoms with E-state index in [-0.39, 0.29) is 11.9 Å². The van der Waals surface area contributed by atoms with Gasteiger partial charge >= 0.3 is 0 Å². The van der Waals surface area contributed by atoms with Crippen molar-refractivity contribution in [3.63, 3.8) is 0 Å². The number of nitrogens with zero attached hydrogens (tertiary/aromatic N) is 1. The Morgan fingerprint density at radius 1 is 1.35 bits per heavy atom. The van der Waals surface area contributed by atoms with Crippen LogP contribution < -0.4 is 10.6 Å². The lowest BCUT2D eigenvalue weighted by Gasteiger charge is -2.30. The maximum Gasteiger partial charge on any atom is 0.146 e. The molecule has 0 heterocycles. The lowest BCUT2D eigenvalue weighted by Crippen LogP contribution is -2.30. The third-order valence-corrected chi connectivity index (χ3v) is 5.28. The van der Waals surface area contributed by atoms with Crippen molar-refractivity contribution in [2.75, 3.05) is 18.5 Å². The van der Waals surface area contributed by atoms with Crippen molar-refractivity contribution in [3.05, 3.63) is 29.6 Å². The zero-order valence-electron chi connectivity index (χ0n) is 12.5. The summed E-state index contributed by atoms with van der Waals surface area (Å²) in [6.07, 6.45) is 5.52. The molecule has 1 aromatic rings. The standard InChI is InChI=1S/C17H25FN2/c1-11(19)15-4-3-5-16(18)17(15)20(2)10-14-9-12-6-7-13(14)8-12/h3-5,11-14H,6-10,19H2,1-2H3. The number of rotatable bonds is 4. The lowest BCUT2D eigenvalue weighted by atomic mass is 9.88. The van der Waals surface area contributed by atoms with E-state index in [0.717, 1.165) is 29.9 Å². The van der Waals surface area contributed by atoms with Crippen molar-refractivity contribution in [2.24, 2.45) is 23.5 Å². The topological polar surface area (TPSA) is 29.3 Å². The minimum absolute atomic E-state index is 0.136. The van der Waals surface area contributed by atoms with Gasteiger partial charge in [0.1, 0.15) is 5.82 Å². The van der Waals surface area contributed by atoms with Gasteiger partial charge in [-0.05, 0) is 55.6 Å². The second kappa shape index (κ2) is 5.36. The van der Waals surface area contributed by atoms with E-state index in [1.165, 1.54) is 25.7 Å². The maximum atomic E-state index is 14.2. The fraction of sp³-hybridized carbons (Fsp3) is 0.647. The fourth-order valence-corrected chi connectivity index (χ4v) is 4.35. The van der Waals surface area contributed by atoms with Crippen LogP contribution in [0.1, 0.15) is 44.2 Å². The van der Waals surface area contributed by atoms with Crippen LogP contribution in [0.2, 0.25) is 0 Å². The van der Waals surface area contributed by atoms with Crippen LogP contribution in [0.3, 0.4) is 0 Å². The van der Waals surface area contributed by atoms with Crippen LogP contribution in [-0.2, 0) is 0 Å². The van der Waals surface area contributed by atoms with Crippen molar-refractivity contribution in [3.8, 4) is 0 Å². The first-order valence-electron chi connectivity index (χ1n) is 7.81. The van der Waals surface area contributed by atoms with Crippen LogP contribution in [0.5, 0.6) is 0 Å². The van der Waals surface area contributed by atoms with Gasteiger partial charge in [0, 0.05) is 19.6 Å². The van der Waals surface area contributed by atoms with Gasteiger partial charge < -0.3 is 10.6 Å². The van der Waals surface area contributed by atoms with Crippen molar-refractivity contribution in [1.82, 2.24) is 0 Å². The summed E-state index contributed by atoms with van der Waals surface area (Å²) in [5.41, 5.74) is 7.61. The summed E-state index contributed by atoms with van der Waals surface area (Å²) >= 11 is 0. The van der Waals surface area contributed by atoms with E-state index < -0.39 is 0 Å². The van der Waals surface area contributed by atoms with Gasteiger partial charge in [-0.1, -0.05) is 18.6 Å². The van der Waals surface area contributed by atoms with Crippen LogP contribution in [0.25, 0.3) is 0 Å².